The van der Waals surface area contributed by atoms with Crippen molar-refractivity contribution < 1.29 is 35.5 Å². The minimum absolute atomic E-state index is 0.0925. The Morgan fingerprint density at radius 1 is 1.13 bits per heavy atom. The first-order valence-corrected chi connectivity index (χ1v) is 8.67. The summed E-state index contributed by atoms with van der Waals surface area (Å²) in [7, 11) is 0. The quantitative estimate of drug-likeness (QED) is 0.570. The number of morpholine rings is 1. The van der Waals surface area contributed by atoms with Crippen molar-refractivity contribution in [3.8, 4) is 6.07 Å². The lowest BCUT2D eigenvalue weighted by Gasteiger charge is -2.24. The van der Waals surface area contributed by atoms with Gasteiger partial charge in [0.2, 0.25) is 5.89 Å². The number of nitriles is 1. The van der Waals surface area contributed by atoms with E-state index >= 15 is 0 Å². The molecule has 0 saturated carbocycles. The van der Waals surface area contributed by atoms with Crippen LogP contribution in [0.2, 0.25) is 0 Å². The highest BCUT2D eigenvalue weighted by Crippen LogP contribution is 2.35. The SMILES string of the molecule is N#Cc1ccc(C(Cc2nnc(N3CCOCC3)o2)NC(F)(F)F)cc1C(F)(F)F. The number of rotatable bonds is 5. The zero-order valence-corrected chi connectivity index (χ0v) is 15.2. The van der Waals surface area contributed by atoms with Crippen LogP contribution in [-0.2, 0) is 17.3 Å². The van der Waals surface area contributed by atoms with Crippen molar-refractivity contribution >= 4 is 6.01 Å². The normalized spacial score (nSPS) is 16.4. The third-order valence-corrected chi connectivity index (χ3v) is 4.33. The van der Waals surface area contributed by atoms with Crippen LogP contribution in [0, 0.1) is 11.3 Å². The second-order valence-corrected chi connectivity index (χ2v) is 6.39. The lowest BCUT2D eigenvalue weighted by atomic mass is 9.97. The van der Waals surface area contributed by atoms with Crippen LogP contribution < -0.4 is 10.2 Å². The van der Waals surface area contributed by atoms with Crippen LogP contribution in [0.5, 0.6) is 0 Å². The third kappa shape index (κ3) is 5.39. The Bertz CT molecular complexity index is 915. The molecule has 2 aromatic rings. The van der Waals surface area contributed by atoms with Crippen molar-refractivity contribution in [2.24, 2.45) is 0 Å². The van der Waals surface area contributed by atoms with Gasteiger partial charge in [-0.05, 0) is 17.7 Å². The van der Waals surface area contributed by atoms with Crippen molar-refractivity contribution in [1.29, 1.82) is 5.26 Å². The van der Waals surface area contributed by atoms with E-state index < -0.39 is 36.1 Å². The topological polar surface area (TPSA) is 87.2 Å². The van der Waals surface area contributed by atoms with Gasteiger partial charge in [0, 0.05) is 25.6 Å². The molecule has 2 heterocycles. The van der Waals surface area contributed by atoms with Gasteiger partial charge in [-0.1, -0.05) is 11.2 Å². The molecule has 1 unspecified atom stereocenters. The van der Waals surface area contributed by atoms with Gasteiger partial charge in [-0.3, -0.25) is 0 Å². The molecule has 0 radical (unpaired) electrons. The van der Waals surface area contributed by atoms with E-state index in [1.165, 1.54) is 11.4 Å². The van der Waals surface area contributed by atoms with Crippen LogP contribution in [0.3, 0.4) is 0 Å². The van der Waals surface area contributed by atoms with Gasteiger partial charge in [0.25, 0.3) is 0 Å². The minimum Gasteiger partial charge on any atom is -0.408 e. The van der Waals surface area contributed by atoms with Crippen molar-refractivity contribution in [2.45, 2.75) is 24.9 Å². The second-order valence-electron chi connectivity index (χ2n) is 6.39. The lowest BCUT2D eigenvalue weighted by Crippen LogP contribution is -2.36. The molecule has 1 N–H and O–H groups in total. The molecule has 30 heavy (non-hydrogen) atoms. The number of nitrogens with zero attached hydrogens (tertiary/aromatic N) is 4. The summed E-state index contributed by atoms with van der Waals surface area (Å²) in [5, 5.41) is 17.7. The number of nitrogens with one attached hydrogen (secondary N) is 1. The standard InChI is InChI=1S/C17H15F6N5O2/c18-16(19,20)12-7-10(1-2-11(12)9-24)13(25-17(21,22)23)8-14-26-27-15(30-14)28-3-5-29-6-4-28/h1-2,7,13,25H,3-6,8H2. The average Bonchev–Trinajstić information content (AvgIpc) is 3.14. The van der Waals surface area contributed by atoms with Crippen LogP contribution in [-0.4, -0.2) is 42.8 Å². The molecular formula is C17H15F6N5O2. The zero-order chi connectivity index (χ0) is 21.9. The van der Waals surface area contributed by atoms with Crippen molar-refractivity contribution in [3.63, 3.8) is 0 Å². The Labute approximate surface area is 166 Å². The fourth-order valence-electron chi connectivity index (χ4n) is 2.94. The van der Waals surface area contributed by atoms with Crippen LogP contribution in [0.1, 0.15) is 28.6 Å². The number of benzene rings is 1. The summed E-state index contributed by atoms with van der Waals surface area (Å²) in [4.78, 5) is 1.69. The molecule has 0 amide bonds. The fraction of sp³-hybridized carbons (Fsp3) is 0.471. The Hall–Kier alpha value is -2.85. The molecule has 0 aliphatic carbocycles. The molecule has 1 aliphatic rings. The van der Waals surface area contributed by atoms with Crippen LogP contribution in [0.4, 0.5) is 32.4 Å². The predicted octanol–water partition coefficient (Wildman–Crippen LogP) is 3.19. The molecule has 1 aliphatic heterocycles. The summed E-state index contributed by atoms with van der Waals surface area (Å²) < 4.78 is 89.2. The van der Waals surface area contributed by atoms with Crippen molar-refractivity contribution in [3.05, 3.63) is 40.8 Å². The lowest BCUT2D eigenvalue weighted by molar-refractivity contribution is -0.164. The van der Waals surface area contributed by atoms with Gasteiger partial charge >= 0.3 is 18.5 Å². The maximum absolute atomic E-state index is 13.2. The highest BCUT2D eigenvalue weighted by molar-refractivity contribution is 5.43. The monoisotopic (exact) mass is 435 g/mol. The van der Waals surface area contributed by atoms with E-state index in [4.69, 9.17) is 14.4 Å². The highest BCUT2D eigenvalue weighted by Gasteiger charge is 2.37. The summed E-state index contributed by atoms with van der Waals surface area (Å²) in [5.74, 6) is -0.184. The number of anilines is 1. The zero-order valence-electron chi connectivity index (χ0n) is 15.2. The predicted molar refractivity (Wildman–Crippen MR) is 89.1 cm³/mol. The molecule has 0 bridgehead atoms. The first-order chi connectivity index (χ1) is 14.1. The molecular weight excluding hydrogens is 420 g/mol. The molecule has 1 saturated heterocycles. The van der Waals surface area contributed by atoms with E-state index in [2.05, 4.69) is 10.2 Å². The minimum atomic E-state index is -4.90. The summed E-state index contributed by atoms with van der Waals surface area (Å²) in [6, 6.07) is 2.21. The molecule has 0 spiro atoms. The maximum atomic E-state index is 13.2. The fourth-order valence-corrected chi connectivity index (χ4v) is 2.94. The number of hydrogen-bond donors (Lipinski definition) is 1. The Morgan fingerprint density at radius 2 is 1.83 bits per heavy atom. The Kier molecular flexibility index (Phi) is 6.18. The van der Waals surface area contributed by atoms with E-state index in [1.807, 2.05) is 0 Å². The Balaban J connectivity index is 1.89. The molecule has 13 heteroatoms. The van der Waals surface area contributed by atoms with Gasteiger partial charge < -0.3 is 14.1 Å². The molecule has 3 rings (SSSR count). The van der Waals surface area contributed by atoms with Gasteiger partial charge in [0.15, 0.2) is 0 Å². The van der Waals surface area contributed by atoms with E-state index in [1.54, 1.807) is 4.90 Å². The smallest absolute Gasteiger partial charge is 0.408 e. The summed E-state index contributed by atoms with van der Waals surface area (Å²) in [6.45, 7) is 1.75. The van der Waals surface area contributed by atoms with Gasteiger partial charge in [-0.15, -0.1) is 5.10 Å². The van der Waals surface area contributed by atoms with Crippen LogP contribution in [0.25, 0.3) is 0 Å². The molecule has 162 valence electrons. The molecule has 1 atom stereocenters. The number of hydrogen-bond acceptors (Lipinski definition) is 7. The van der Waals surface area contributed by atoms with E-state index in [0.717, 1.165) is 12.1 Å². The first kappa shape index (κ1) is 21.8. The highest BCUT2D eigenvalue weighted by atomic mass is 19.4. The molecule has 1 aromatic heterocycles. The first-order valence-electron chi connectivity index (χ1n) is 8.67. The average molecular weight is 435 g/mol. The summed E-state index contributed by atoms with van der Waals surface area (Å²) in [5.41, 5.74) is -2.34. The van der Waals surface area contributed by atoms with Gasteiger partial charge in [-0.2, -0.15) is 31.6 Å². The second kappa shape index (κ2) is 8.49. The number of ether oxygens (including phenoxy) is 1. The maximum Gasteiger partial charge on any atom is 0.457 e. The summed E-state index contributed by atoms with van der Waals surface area (Å²) in [6.07, 6.45) is -10.3. The number of halogens is 6. The van der Waals surface area contributed by atoms with Crippen LogP contribution >= 0.6 is 0 Å². The van der Waals surface area contributed by atoms with E-state index in [9.17, 15) is 26.3 Å². The van der Waals surface area contributed by atoms with Gasteiger partial charge in [0.05, 0.1) is 30.4 Å². The summed E-state index contributed by atoms with van der Waals surface area (Å²) >= 11 is 0. The number of aromatic nitrogens is 2. The largest absolute Gasteiger partial charge is 0.457 e. The molecule has 7 nitrogen and oxygen atoms in total. The Morgan fingerprint density at radius 3 is 2.43 bits per heavy atom. The molecule has 1 fully saturated rings. The van der Waals surface area contributed by atoms with Gasteiger partial charge in [-0.25, -0.2) is 5.32 Å². The van der Waals surface area contributed by atoms with Gasteiger partial charge in [0.1, 0.15) is 0 Å². The number of alkyl halides is 6. The van der Waals surface area contributed by atoms with E-state index in [-0.39, 0.29) is 17.5 Å². The van der Waals surface area contributed by atoms with E-state index in [0.29, 0.717) is 32.4 Å². The third-order valence-electron chi connectivity index (χ3n) is 4.33. The van der Waals surface area contributed by atoms with Crippen LogP contribution in [0.15, 0.2) is 22.6 Å². The van der Waals surface area contributed by atoms with Crippen molar-refractivity contribution in [2.75, 3.05) is 31.2 Å². The molecule has 1 aromatic carbocycles. The van der Waals surface area contributed by atoms with Crippen molar-refractivity contribution in [1.82, 2.24) is 15.5 Å².